The van der Waals surface area contributed by atoms with Crippen LogP contribution in [0.15, 0.2) is 176 Å². The molecule has 0 bridgehead atoms. The lowest BCUT2D eigenvalue weighted by Crippen LogP contribution is -2.03. The Kier molecular flexibility index (Phi) is 6.72. The minimum Gasteiger partial charge on any atom is -0.294 e. The molecule has 0 aliphatic carbocycles. The number of hydrogen-bond acceptors (Lipinski definition) is 3. The van der Waals surface area contributed by atoms with Crippen molar-refractivity contribution in [2.75, 3.05) is 0 Å². The smallest absolute Gasteiger partial charge is 0.187 e. The van der Waals surface area contributed by atoms with Crippen LogP contribution >= 0.6 is 0 Å². The predicted octanol–water partition coefficient (Wildman–Crippen LogP) is 10.4. The van der Waals surface area contributed by atoms with Gasteiger partial charge in [0.25, 0.3) is 0 Å². The van der Waals surface area contributed by atoms with E-state index >= 15 is 0 Å². The lowest BCUT2D eigenvalue weighted by atomic mass is 9.94. The summed E-state index contributed by atoms with van der Waals surface area (Å²) in [5.41, 5.74) is 9.63. The first-order valence-corrected chi connectivity index (χ1v) is 16.1. The van der Waals surface area contributed by atoms with Crippen LogP contribution in [0.4, 0.5) is 0 Å². The van der Waals surface area contributed by atoms with E-state index in [9.17, 15) is 0 Å². The molecule has 3 aromatic heterocycles. The van der Waals surface area contributed by atoms with Crippen molar-refractivity contribution in [2.24, 2.45) is 0 Å². The number of para-hydroxylation sites is 3. The molecule has 0 aliphatic rings. The molecular weight excluding hydrogens is 587 g/mol. The Morgan fingerprint density at radius 2 is 0.875 bits per heavy atom. The second-order valence-corrected chi connectivity index (χ2v) is 11.8. The molecule has 0 spiro atoms. The van der Waals surface area contributed by atoms with Gasteiger partial charge in [-0.3, -0.25) is 9.13 Å². The normalized spacial score (nSPS) is 11.3. The van der Waals surface area contributed by atoms with E-state index in [1.165, 1.54) is 27.5 Å². The second-order valence-electron chi connectivity index (χ2n) is 11.8. The van der Waals surface area contributed by atoms with Gasteiger partial charge in [-0.05, 0) is 58.7 Å². The van der Waals surface area contributed by atoms with Crippen molar-refractivity contribution in [3.63, 3.8) is 0 Å². The Morgan fingerprint density at radius 3 is 1.54 bits per heavy atom. The molecule has 0 atom stereocenters. The molecule has 226 valence electrons. The quantitative estimate of drug-likeness (QED) is 0.187. The maximum absolute atomic E-state index is 5.21. The summed E-state index contributed by atoms with van der Waals surface area (Å²) in [5, 5.41) is 11.9. The molecule has 0 amide bonds. The summed E-state index contributed by atoms with van der Waals surface area (Å²) in [4.78, 5) is 5.21. The van der Waals surface area contributed by atoms with Crippen LogP contribution in [0.1, 0.15) is 0 Å². The number of benzene rings is 6. The van der Waals surface area contributed by atoms with Crippen LogP contribution < -0.4 is 0 Å². The lowest BCUT2D eigenvalue weighted by molar-refractivity contribution is 1.03. The van der Waals surface area contributed by atoms with Crippen LogP contribution in [0.3, 0.4) is 0 Å². The first-order valence-electron chi connectivity index (χ1n) is 16.1. The minimum atomic E-state index is 0.678. The molecule has 0 saturated carbocycles. The molecule has 48 heavy (non-hydrogen) atoms. The Bertz CT molecular complexity index is 2490. The van der Waals surface area contributed by atoms with Crippen LogP contribution in [0.2, 0.25) is 0 Å². The van der Waals surface area contributed by atoms with Gasteiger partial charge in [0, 0.05) is 22.0 Å². The van der Waals surface area contributed by atoms with E-state index < -0.39 is 0 Å². The van der Waals surface area contributed by atoms with Crippen LogP contribution in [0.5, 0.6) is 0 Å². The van der Waals surface area contributed by atoms with Gasteiger partial charge in [0.15, 0.2) is 11.6 Å². The Morgan fingerprint density at radius 1 is 0.354 bits per heavy atom. The zero-order chi connectivity index (χ0) is 31.9. The standard InChI is InChI=1S/C43H29N5/c1-3-14-30(15-4-1)34-18-7-8-19-35(34)31-26-28-32(29-27-31)42-45-46-43(47(42)33-16-5-2-6-17-33)38-22-13-25-41(44-38)48-39-23-11-9-20-36(39)37-21-10-12-24-40(37)48/h1-29H. The topological polar surface area (TPSA) is 48.5 Å². The Hall–Kier alpha value is -6.59. The summed E-state index contributed by atoms with van der Waals surface area (Å²) < 4.78 is 4.33. The molecule has 0 unspecified atom stereocenters. The zero-order valence-electron chi connectivity index (χ0n) is 26.0. The lowest BCUT2D eigenvalue weighted by Gasteiger charge is -2.13. The van der Waals surface area contributed by atoms with Crippen molar-refractivity contribution in [2.45, 2.75) is 0 Å². The number of nitrogens with zero attached hydrogens (tertiary/aromatic N) is 5. The largest absolute Gasteiger partial charge is 0.294 e. The fourth-order valence-electron chi connectivity index (χ4n) is 6.70. The van der Waals surface area contributed by atoms with E-state index in [0.29, 0.717) is 5.82 Å². The van der Waals surface area contributed by atoms with Crippen molar-refractivity contribution < 1.29 is 0 Å². The van der Waals surface area contributed by atoms with E-state index in [-0.39, 0.29) is 0 Å². The van der Waals surface area contributed by atoms with Crippen molar-refractivity contribution in [1.29, 1.82) is 0 Å². The van der Waals surface area contributed by atoms with Gasteiger partial charge in [-0.15, -0.1) is 10.2 Å². The van der Waals surface area contributed by atoms with E-state index in [1.54, 1.807) is 0 Å². The Balaban J connectivity index is 1.16. The van der Waals surface area contributed by atoms with Gasteiger partial charge in [-0.2, -0.15) is 0 Å². The van der Waals surface area contributed by atoms with Gasteiger partial charge in [0.2, 0.25) is 0 Å². The summed E-state index contributed by atoms with van der Waals surface area (Å²) in [6.07, 6.45) is 0. The minimum absolute atomic E-state index is 0.678. The van der Waals surface area contributed by atoms with Crippen LogP contribution in [-0.2, 0) is 0 Å². The molecule has 0 N–H and O–H groups in total. The average Bonchev–Trinajstić information content (AvgIpc) is 3.76. The third-order valence-electron chi connectivity index (χ3n) is 8.92. The fraction of sp³-hybridized carbons (Fsp3) is 0. The highest BCUT2D eigenvalue weighted by Gasteiger charge is 2.20. The van der Waals surface area contributed by atoms with E-state index in [1.807, 2.05) is 36.4 Å². The average molecular weight is 616 g/mol. The summed E-state index contributed by atoms with van der Waals surface area (Å²) in [5.74, 6) is 2.26. The van der Waals surface area contributed by atoms with Crippen LogP contribution in [0.25, 0.3) is 78.5 Å². The SMILES string of the molecule is c1ccc(-c2ccccc2-c2ccc(-c3nnc(-c4cccc(-n5c6ccccc6c6ccccc65)n4)n3-c3ccccc3)cc2)cc1. The highest BCUT2D eigenvalue weighted by molar-refractivity contribution is 6.09. The maximum Gasteiger partial charge on any atom is 0.187 e. The number of hydrogen-bond donors (Lipinski definition) is 0. The van der Waals surface area contributed by atoms with Crippen molar-refractivity contribution in [1.82, 2.24) is 24.3 Å². The van der Waals surface area contributed by atoms with Gasteiger partial charge in [-0.1, -0.05) is 140 Å². The van der Waals surface area contributed by atoms with Crippen LogP contribution in [-0.4, -0.2) is 24.3 Å². The third-order valence-corrected chi connectivity index (χ3v) is 8.92. The molecule has 9 rings (SSSR count). The Labute approximate surface area is 278 Å². The molecule has 5 heteroatoms. The molecular formula is C43H29N5. The fourth-order valence-corrected chi connectivity index (χ4v) is 6.70. The summed E-state index contributed by atoms with van der Waals surface area (Å²) >= 11 is 0. The monoisotopic (exact) mass is 615 g/mol. The van der Waals surface area contributed by atoms with E-state index in [4.69, 9.17) is 15.2 Å². The van der Waals surface area contributed by atoms with Gasteiger partial charge in [0.05, 0.1) is 11.0 Å². The molecule has 0 radical (unpaired) electrons. The van der Waals surface area contributed by atoms with Gasteiger partial charge in [0.1, 0.15) is 11.5 Å². The van der Waals surface area contributed by atoms with Gasteiger partial charge < -0.3 is 0 Å². The van der Waals surface area contributed by atoms with Crippen molar-refractivity contribution >= 4 is 21.8 Å². The number of rotatable bonds is 6. The molecule has 3 heterocycles. The second kappa shape index (κ2) is 11.6. The first-order chi connectivity index (χ1) is 23.8. The molecule has 0 saturated heterocycles. The van der Waals surface area contributed by atoms with Crippen LogP contribution in [0, 0.1) is 0 Å². The predicted molar refractivity (Wildman–Crippen MR) is 195 cm³/mol. The van der Waals surface area contributed by atoms with Crippen molar-refractivity contribution in [3.8, 4) is 56.7 Å². The first kappa shape index (κ1) is 27.7. The van der Waals surface area contributed by atoms with Gasteiger partial charge >= 0.3 is 0 Å². The third kappa shape index (κ3) is 4.68. The van der Waals surface area contributed by atoms with E-state index in [0.717, 1.165) is 45.2 Å². The highest BCUT2D eigenvalue weighted by atomic mass is 15.3. The summed E-state index contributed by atoms with van der Waals surface area (Å²) in [6.45, 7) is 0. The summed E-state index contributed by atoms with van der Waals surface area (Å²) in [7, 11) is 0. The van der Waals surface area contributed by atoms with Gasteiger partial charge in [-0.25, -0.2) is 4.98 Å². The highest BCUT2D eigenvalue weighted by Crippen LogP contribution is 2.35. The summed E-state index contributed by atoms with van der Waals surface area (Å²) in [6, 6.07) is 61.0. The number of pyridine rings is 1. The molecule has 0 fully saturated rings. The van der Waals surface area contributed by atoms with Crippen molar-refractivity contribution in [3.05, 3.63) is 176 Å². The maximum atomic E-state index is 5.21. The molecule has 6 aromatic carbocycles. The number of fused-ring (bicyclic) bond motifs is 3. The molecule has 9 aromatic rings. The molecule has 5 nitrogen and oxygen atoms in total. The molecule has 0 aliphatic heterocycles. The zero-order valence-corrected chi connectivity index (χ0v) is 26.0. The van der Waals surface area contributed by atoms with E-state index in [2.05, 4.69) is 149 Å². The number of aromatic nitrogens is 5.